The van der Waals surface area contributed by atoms with E-state index in [9.17, 15) is 14.4 Å². The molecule has 4 N–H and O–H groups in total. The molecular formula is C17H16N4O3S. The molecule has 3 aromatic rings. The standard InChI is InChI=1S/C17H16N4O3S/c22-15-6-9(1-3-19-15)16(23)20-8-10-5-11(10)21-17(24)14-7-12-13(25-14)2-4-18-12/h1-4,6-7,10-11,18H,5,8H2,(H,19,22)(H,20,23)(H,21,24)/t10-,11-/m1/s1. The molecule has 0 bridgehead atoms. The van der Waals surface area contributed by atoms with E-state index < -0.39 is 0 Å². The summed E-state index contributed by atoms with van der Waals surface area (Å²) in [5.74, 6) is -0.140. The number of aromatic amines is 2. The van der Waals surface area contributed by atoms with E-state index in [2.05, 4.69) is 20.6 Å². The molecule has 3 aromatic heterocycles. The van der Waals surface area contributed by atoms with Gasteiger partial charge in [-0.05, 0) is 30.5 Å². The van der Waals surface area contributed by atoms with Crippen LogP contribution in [-0.2, 0) is 0 Å². The summed E-state index contributed by atoms with van der Waals surface area (Å²) in [5.41, 5.74) is 0.989. The maximum absolute atomic E-state index is 12.3. The minimum Gasteiger partial charge on any atom is -0.360 e. The lowest BCUT2D eigenvalue weighted by molar-refractivity contribution is 0.0951. The van der Waals surface area contributed by atoms with Gasteiger partial charge < -0.3 is 20.6 Å². The van der Waals surface area contributed by atoms with E-state index >= 15 is 0 Å². The third-order valence-corrected chi connectivity index (χ3v) is 5.36. The van der Waals surface area contributed by atoms with Crippen LogP contribution >= 0.6 is 11.3 Å². The Morgan fingerprint density at radius 1 is 1.16 bits per heavy atom. The molecule has 0 saturated heterocycles. The van der Waals surface area contributed by atoms with Crippen molar-refractivity contribution in [3.8, 4) is 0 Å². The van der Waals surface area contributed by atoms with E-state index in [1.54, 1.807) is 6.07 Å². The average Bonchev–Trinajstić information content (AvgIpc) is 2.98. The van der Waals surface area contributed by atoms with Crippen molar-refractivity contribution in [1.29, 1.82) is 0 Å². The predicted octanol–water partition coefficient (Wildman–Crippen LogP) is 1.47. The zero-order valence-electron chi connectivity index (χ0n) is 13.2. The molecule has 7 nitrogen and oxygen atoms in total. The number of fused-ring (bicyclic) bond motifs is 1. The summed E-state index contributed by atoms with van der Waals surface area (Å²) >= 11 is 1.45. The molecule has 1 aliphatic carbocycles. The number of hydrogen-bond acceptors (Lipinski definition) is 4. The van der Waals surface area contributed by atoms with Gasteiger partial charge in [-0.3, -0.25) is 14.4 Å². The Kier molecular flexibility index (Phi) is 3.89. The topological polar surface area (TPSA) is 107 Å². The van der Waals surface area contributed by atoms with Crippen molar-refractivity contribution in [2.24, 2.45) is 5.92 Å². The molecule has 0 radical (unpaired) electrons. The van der Waals surface area contributed by atoms with Crippen LogP contribution in [0.25, 0.3) is 10.2 Å². The summed E-state index contributed by atoms with van der Waals surface area (Å²) in [5, 5.41) is 5.80. The summed E-state index contributed by atoms with van der Waals surface area (Å²) in [4.78, 5) is 41.7. The molecule has 1 saturated carbocycles. The number of carbonyl (C=O) groups excluding carboxylic acids is 2. The van der Waals surface area contributed by atoms with Gasteiger partial charge in [-0.2, -0.15) is 0 Å². The largest absolute Gasteiger partial charge is 0.360 e. The smallest absolute Gasteiger partial charge is 0.261 e. The van der Waals surface area contributed by atoms with Crippen LogP contribution in [0.3, 0.4) is 0 Å². The van der Waals surface area contributed by atoms with E-state index in [4.69, 9.17) is 0 Å². The van der Waals surface area contributed by atoms with E-state index in [0.29, 0.717) is 17.0 Å². The highest BCUT2D eigenvalue weighted by Crippen LogP contribution is 2.31. The molecule has 4 rings (SSSR count). The molecule has 8 heteroatoms. The van der Waals surface area contributed by atoms with Crippen LogP contribution in [0.1, 0.15) is 26.5 Å². The molecule has 25 heavy (non-hydrogen) atoms. The Bertz CT molecular complexity index is 974. The maximum Gasteiger partial charge on any atom is 0.261 e. The van der Waals surface area contributed by atoms with Gasteiger partial charge in [0.1, 0.15) is 0 Å². The SMILES string of the molecule is O=C(NC[C@H]1C[C@H]1NC(=O)c1cc2[nH]ccc2s1)c1cc[nH]c(=O)c1. The zero-order chi connectivity index (χ0) is 17.4. The molecular weight excluding hydrogens is 340 g/mol. The highest BCUT2D eigenvalue weighted by atomic mass is 32.1. The Hall–Kier alpha value is -2.87. The van der Waals surface area contributed by atoms with Crippen molar-refractivity contribution in [2.75, 3.05) is 6.54 Å². The predicted molar refractivity (Wildman–Crippen MR) is 94.9 cm³/mol. The minimum absolute atomic E-state index is 0.0763. The fourth-order valence-electron chi connectivity index (χ4n) is 2.76. The van der Waals surface area contributed by atoms with Crippen LogP contribution in [0.2, 0.25) is 0 Å². The van der Waals surface area contributed by atoms with Gasteiger partial charge in [-0.15, -0.1) is 11.3 Å². The highest BCUT2D eigenvalue weighted by Gasteiger charge is 2.38. The van der Waals surface area contributed by atoms with Crippen LogP contribution in [0.5, 0.6) is 0 Å². The Morgan fingerprint density at radius 2 is 2.00 bits per heavy atom. The van der Waals surface area contributed by atoms with E-state index in [0.717, 1.165) is 16.6 Å². The van der Waals surface area contributed by atoms with E-state index in [1.165, 1.54) is 23.6 Å². The molecule has 1 fully saturated rings. The van der Waals surface area contributed by atoms with Crippen LogP contribution in [-0.4, -0.2) is 34.4 Å². The van der Waals surface area contributed by atoms with Gasteiger partial charge in [0.2, 0.25) is 5.56 Å². The second-order valence-corrected chi connectivity index (χ2v) is 7.18. The lowest BCUT2D eigenvalue weighted by Crippen LogP contribution is -2.31. The van der Waals surface area contributed by atoms with Crippen LogP contribution in [0.4, 0.5) is 0 Å². The van der Waals surface area contributed by atoms with Gasteiger partial charge in [0, 0.05) is 36.6 Å². The van der Waals surface area contributed by atoms with Gasteiger partial charge in [0.25, 0.3) is 11.8 Å². The first-order valence-electron chi connectivity index (χ1n) is 7.95. The summed E-state index contributed by atoms with van der Waals surface area (Å²) in [7, 11) is 0. The fourth-order valence-corrected chi connectivity index (χ4v) is 3.69. The summed E-state index contributed by atoms with van der Waals surface area (Å²) in [6.07, 6.45) is 4.13. The van der Waals surface area contributed by atoms with Crippen molar-refractivity contribution in [3.05, 3.63) is 57.5 Å². The number of carbonyl (C=O) groups is 2. The normalized spacial score (nSPS) is 18.9. The van der Waals surface area contributed by atoms with Crippen molar-refractivity contribution >= 4 is 33.4 Å². The average molecular weight is 356 g/mol. The Morgan fingerprint density at radius 3 is 2.80 bits per heavy atom. The summed E-state index contributed by atoms with van der Waals surface area (Å²) in [6, 6.07) is 6.69. The number of thiophene rings is 1. The number of aromatic nitrogens is 2. The molecule has 2 amide bonds. The molecule has 3 heterocycles. The number of nitrogens with one attached hydrogen (secondary N) is 4. The van der Waals surface area contributed by atoms with Crippen molar-refractivity contribution < 1.29 is 9.59 Å². The number of amides is 2. The van der Waals surface area contributed by atoms with E-state index in [-0.39, 0.29) is 29.3 Å². The quantitative estimate of drug-likeness (QED) is 0.556. The van der Waals surface area contributed by atoms with Gasteiger partial charge in [-0.1, -0.05) is 0 Å². The van der Waals surface area contributed by atoms with Crippen molar-refractivity contribution in [3.63, 3.8) is 0 Å². The maximum atomic E-state index is 12.3. The fraction of sp³-hybridized carbons (Fsp3) is 0.235. The van der Waals surface area contributed by atoms with Gasteiger partial charge in [0.05, 0.1) is 15.1 Å². The summed E-state index contributed by atoms with van der Waals surface area (Å²) < 4.78 is 1.06. The lowest BCUT2D eigenvalue weighted by Gasteiger charge is -2.05. The third-order valence-electron chi connectivity index (χ3n) is 4.26. The monoisotopic (exact) mass is 356 g/mol. The third kappa shape index (κ3) is 3.34. The van der Waals surface area contributed by atoms with Gasteiger partial charge in [-0.25, -0.2) is 0 Å². The minimum atomic E-state index is -0.309. The van der Waals surface area contributed by atoms with Gasteiger partial charge in [0.15, 0.2) is 0 Å². The number of hydrogen-bond donors (Lipinski definition) is 4. The van der Waals surface area contributed by atoms with E-state index in [1.807, 2.05) is 18.3 Å². The summed E-state index contributed by atoms with van der Waals surface area (Å²) in [6.45, 7) is 0.474. The lowest BCUT2D eigenvalue weighted by atomic mass is 10.2. The van der Waals surface area contributed by atoms with Crippen molar-refractivity contribution in [1.82, 2.24) is 20.6 Å². The number of H-pyrrole nitrogens is 2. The first-order chi connectivity index (χ1) is 12.1. The molecule has 0 aliphatic heterocycles. The molecule has 0 aromatic carbocycles. The number of pyridine rings is 1. The van der Waals surface area contributed by atoms with Gasteiger partial charge >= 0.3 is 0 Å². The molecule has 128 valence electrons. The molecule has 1 aliphatic rings. The Balaban J connectivity index is 1.28. The Labute approximate surface area is 146 Å². The molecule has 2 atom stereocenters. The van der Waals surface area contributed by atoms with Crippen LogP contribution in [0, 0.1) is 5.92 Å². The zero-order valence-corrected chi connectivity index (χ0v) is 14.0. The highest BCUT2D eigenvalue weighted by molar-refractivity contribution is 7.20. The van der Waals surface area contributed by atoms with Crippen LogP contribution < -0.4 is 16.2 Å². The first kappa shape index (κ1) is 15.6. The first-order valence-corrected chi connectivity index (χ1v) is 8.76. The number of rotatable bonds is 5. The molecule has 0 unspecified atom stereocenters. The second kappa shape index (κ2) is 6.21. The van der Waals surface area contributed by atoms with Crippen LogP contribution in [0.15, 0.2) is 41.5 Å². The second-order valence-electron chi connectivity index (χ2n) is 6.09. The molecule has 0 spiro atoms. The van der Waals surface area contributed by atoms with Crippen molar-refractivity contribution in [2.45, 2.75) is 12.5 Å².